The molecule has 0 aromatic heterocycles. The second-order valence-electron chi connectivity index (χ2n) is 15.7. The molecule has 8 N–H and O–H groups in total. The smallest absolute Gasteiger partial charge is 0.0642 e. The van der Waals surface area contributed by atoms with E-state index in [4.69, 9.17) is 11.6 Å². The van der Waals surface area contributed by atoms with Gasteiger partial charge < -0.3 is 0 Å². The minimum absolute atomic E-state index is 0. The third kappa shape index (κ3) is 5.14. The van der Waals surface area contributed by atoms with Gasteiger partial charge in [0.15, 0.2) is 0 Å². The molecule has 10 heteroatoms. The molecule has 42 heavy (non-hydrogen) atoms. The molecule has 9 aliphatic rings. The van der Waals surface area contributed by atoms with Crippen molar-refractivity contribution in [3.8, 4) is 0 Å². The Hall–Kier alpha value is 0.710. The Morgan fingerprint density at radius 1 is 0.310 bits per heavy atom. The minimum atomic E-state index is 0. The molecule has 9 rings (SSSR count). The fourth-order valence-electron chi connectivity index (χ4n) is 12.0. The van der Waals surface area contributed by atoms with Gasteiger partial charge in [-0.3, -0.25) is 42.5 Å². The van der Waals surface area contributed by atoms with E-state index in [0.717, 1.165) is 18.3 Å². The summed E-state index contributed by atoms with van der Waals surface area (Å²) >= 11 is 7.19. The summed E-state index contributed by atoms with van der Waals surface area (Å²) in [6.07, 6.45) is 22.9. The van der Waals surface area contributed by atoms with Gasteiger partial charge in [0, 0.05) is 33.7 Å². The van der Waals surface area contributed by atoms with E-state index in [9.17, 15) is 0 Å². The van der Waals surface area contributed by atoms with Crippen molar-refractivity contribution in [1.82, 2.24) is 42.5 Å². The number of nitrogens with one attached hydrogen (secondary N) is 8. The average Bonchev–Trinajstić information content (AvgIpc) is 3.73. The summed E-state index contributed by atoms with van der Waals surface area (Å²) in [6, 6.07) is 0. The quantitative estimate of drug-likeness (QED) is 0.141. The van der Waals surface area contributed by atoms with Crippen LogP contribution >= 0.6 is 11.6 Å². The molecule has 17 unspecified atom stereocenters. The molecule has 17 atom stereocenters. The molecule has 8 nitrogen and oxygen atoms in total. The molecule has 9 fully saturated rings. The van der Waals surface area contributed by atoms with E-state index in [1.165, 1.54) is 89.9 Å². The van der Waals surface area contributed by atoms with Crippen LogP contribution < -0.4 is 42.5 Å². The normalized spacial score (nSPS) is 56.9. The van der Waals surface area contributed by atoms with Crippen molar-refractivity contribution in [2.45, 2.75) is 151 Å². The molecular formula is C32H55AuClN8. The molecule has 241 valence electrons. The zero-order valence-electron chi connectivity index (χ0n) is 25.1. The Kier molecular flexibility index (Phi) is 8.87. The van der Waals surface area contributed by atoms with Crippen molar-refractivity contribution < 1.29 is 22.4 Å². The Morgan fingerprint density at radius 2 is 0.571 bits per heavy atom. The third-order valence-electron chi connectivity index (χ3n) is 13.8. The first kappa shape index (κ1) is 30.1. The largest absolute Gasteiger partial charge is 0.286 e. The van der Waals surface area contributed by atoms with Crippen LogP contribution in [0.1, 0.15) is 96.3 Å². The fraction of sp³-hybridized carbons (Fsp3) is 1.00. The molecule has 4 saturated carbocycles. The SMILES string of the molecule is ClC1CCCC2C3NC4NC(NC5NC(NC6NC(NC(N3)C12)C1CCCCC61)C1CCCCC51)C1CCCCC41.[Au]. The summed E-state index contributed by atoms with van der Waals surface area (Å²) in [5.41, 5.74) is 0. The first-order chi connectivity index (χ1) is 20.2. The van der Waals surface area contributed by atoms with Gasteiger partial charge in [-0.05, 0) is 92.8 Å². The van der Waals surface area contributed by atoms with Crippen LogP contribution in [0.5, 0.6) is 0 Å². The summed E-state index contributed by atoms with van der Waals surface area (Å²) in [4.78, 5) is 0. The summed E-state index contributed by atoms with van der Waals surface area (Å²) < 4.78 is 0. The zero-order chi connectivity index (χ0) is 27.1. The predicted octanol–water partition coefficient (Wildman–Crippen LogP) is 2.82. The van der Waals surface area contributed by atoms with Crippen LogP contribution in [0.4, 0.5) is 0 Å². The number of rotatable bonds is 0. The van der Waals surface area contributed by atoms with Crippen LogP contribution in [-0.4, -0.2) is 54.7 Å². The van der Waals surface area contributed by atoms with E-state index in [2.05, 4.69) is 42.5 Å². The van der Waals surface area contributed by atoms with E-state index in [0.29, 0.717) is 78.7 Å². The average molecular weight is 784 g/mol. The monoisotopic (exact) mass is 783 g/mol. The summed E-state index contributed by atoms with van der Waals surface area (Å²) in [7, 11) is 0. The van der Waals surface area contributed by atoms with Crippen LogP contribution in [-0.2, 0) is 22.4 Å². The molecule has 5 aliphatic heterocycles. The van der Waals surface area contributed by atoms with Gasteiger partial charge in [0.25, 0.3) is 0 Å². The van der Waals surface area contributed by atoms with Gasteiger partial charge >= 0.3 is 0 Å². The third-order valence-corrected chi connectivity index (χ3v) is 14.3. The molecule has 5 heterocycles. The molecule has 4 aliphatic carbocycles. The number of hydrogen-bond donors (Lipinski definition) is 8. The van der Waals surface area contributed by atoms with Crippen molar-refractivity contribution in [2.75, 3.05) is 0 Å². The molecule has 0 aromatic rings. The van der Waals surface area contributed by atoms with E-state index in [-0.39, 0.29) is 33.9 Å². The fourth-order valence-corrected chi connectivity index (χ4v) is 12.5. The maximum Gasteiger partial charge on any atom is 0.0642 e. The van der Waals surface area contributed by atoms with Gasteiger partial charge in [0.1, 0.15) is 0 Å². The van der Waals surface area contributed by atoms with E-state index >= 15 is 0 Å². The Bertz CT molecular complexity index is 959. The van der Waals surface area contributed by atoms with E-state index in [1.807, 2.05) is 0 Å². The Labute approximate surface area is 273 Å². The molecule has 0 spiro atoms. The molecule has 5 saturated heterocycles. The molecule has 0 amide bonds. The van der Waals surface area contributed by atoms with Gasteiger partial charge in [-0.1, -0.05) is 44.9 Å². The van der Waals surface area contributed by atoms with E-state index in [1.54, 1.807) is 0 Å². The van der Waals surface area contributed by atoms with Crippen LogP contribution in [0.2, 0.25) is 0 Å². The summed E-state index contributed by atoms with van der Waals surface area (Å²) in [5, 5.41) is 33.8. The van der Waals surface area contributed by atoms with Crippen LogP contribution in [0.3, 0.4) is 0 Å². The number of hydrogen-bond acceptors (Lipinski definition) is 8. The van der Waals surface area contributed by atoms with E-state index < -0.39 is 0 Å². The van der Waals surface area contributed by atoms with Gasteiger partial charge in [-0.2, -0.15) is 0 Å². The van der Waals surface area contributed by atoms with Crippen molar-refractivity contribution in [1.29, 1.82) is 0 Å². The van der Waals surface area contributed by atoms with Crippen LogP contribution in [0.25, 0.3) is 0 Å². The van der Waals surface area contributed by atoms with Crippen molar-refractivity contribution in [3.63, 3.8) is 0 Å². The maximum absolute atomic E-state index is 7.19. The zero-order valence-corrected chi connectivity index (χ0v) is 28.0. The minimum Gasteiger partial charge on any atom is -0.286 e. The van der Waals surface area contributed by atoms with Crippen molar-refractivity contribution in [3.05, 3.63) is 0 Å². The van der Waals surface area contributed by atoms with Gasteiger partial charge in [-0.25, -0.2) is 0 Å². The standard InChI is InChI=1S/C32H55ClN8.Au/c33-23-15-7-14-22-24(23)32-40-30-21-13-6-5-12-20(21)28(38-30)36-26-17-9-2-1-8-16(17)25(34-26)35-27-18-10-3-4-11-19(18)29(37-27)39-31(22)41-32;/h16-32,34-41H,1-15H2;. The topological polar surface area (TPSA) is 96.2 Å². The van der Waals surface area contributed by atoms with Crippen LogP contribution in [0.15, 0.2) is 0 Å². The Balaban J connectivity index is 0.00000267. The molecule has 0 aromatic carbocycles. The number of halogens is 1. The van der Waals surface area contributed by atoms with Gasteiger partial charge in [-0.15, -0.1) is 11.6 Å². The number of alkyl halides is 1. The van der Waals surface area contributed by atoms with Gasteiger partial charge in [0.2, 0.25) is 0 Å². The Morgan fingerprint density at radius 3 is 0.905 bits per heavy atom. The first-order valence-electron chi connectivity index (χ1n) is 17.9. The molecular weight excluding hydrogens is 729 g/mol. The maximum atomic E-state index is 7.19. The van der Waals surface area contributed by atoms with Crippen molar-refractivity contribution >= 4 is 11.6 Å². The van der Waals surface area contributed by atoms with Gasteiger partial charge in [0.05, 0.1) is 49.3 Å². The second kappa shape index (κ2) is 12.4. The number of fused-ring (bicyclic) bond motifs is 20. The van der Waals surface area contributed by atoms with Crippen molar-refractivity contribution in [2.24, 2.45) is 47.3 Å². The van der Waals surface area contributed by atoms with Crippen LogP contribution in [0, 0.1) is 47.3 Å². The summed E-state index contributed by atoms with van der Waals surface area (Å²) in [6.45, 7) is 0. The predicted molar refractivity (Wildman–Crippen MR) is 162 cm³/mol. The summed E-state index contributed by atoms with van der Waals surface area (Å²) in [5.74, 6) is 5.34. The second-order valence-corrected chi connectivity index (χ2v) is 16.2. The molecule has 8 bridgehead atoms. The first-order valence-corrected chi connectivity index (χ1v) is 18.4. The molecule has 1 radical (unpaired) electrons.